The van der Waals surface area contributed by atoms with Gasteiger partial charge in [-0.3, -0.25) is 15.0 Å². The zero-order valence-electron chi connectivity index (χ0n) is 9.52. The minimum absolute atomic E-state index is 0.0606. The van der Waals surface area contributed by atoms with Crippen LogP contribution < -0.4 is 0 Å². The van der Waals surface area contributed by atoms with Crippen LogP contribution in [0.15, 0.2) is 40.3 Å². The van der Waals surface area contributed by atoms with Gasteiger partial charge in [-0.25, -0.2) is 8.42 Å². The molecule has 0 spiro atoms. The highest BCUT2D eigenvalue weighted by Gasteiger charge is 2.28. The molecular formula is C10H9ClN2O5S. The van der Waals surface area contributed by atoms with E-state index in [-0.39, 0.29) is 23.7 Å². The predicted molar refractivity (Wildman–Crippen MR) is 66.9 cm³/mol. The number of hydroxylamine groups is 1. The van der Waals surface area contributed by atoms with Crippen LogP contribution in [0, 0.1) is 10.1 Å². The van der Waals surface area contributed by atoms with E-state index in [9.17, 15) is 18.5 Å². The lowest BCUT2D eigenvalue weighted by molar-refractivity contribution is -0.384. The van der Waals surface area contributed by atoms with Crippen molar-refractivity contribution < 1.29 is 18.2 Å². The van der Waals surface area contributed by atoms with E-state index in [0.717, 1.165) is 28.7 Å². The topological polar surface area (TPSA) is 89.8 Å². The van der Waals surface area contributed by atoms with Gasteiger partial charge in [0, 0.05) is 17.2 Å². The van der Waals surface area contributed by atoms with Crippen molar-refractivity contribution in [2.24, 2.45) is 0 Å². The molecule has 9 heteroatoms. The average molecular weight is 305 g/mol. The van der Waals surface area contributed by atoms with Gasteiger partial charge in [0.2, 0.25) is 0 Å². The van der Waals surface area contributed by atoms with Gasteiger partial charge in [0.15, 0.2) is 0 Å². The van der Waals surface area contributed by atoms with Crippen LogP contribution in [0.3, 0.4) is 0 Å². The van der Waals surface area contributed by atoms with Crippen molar-refractivity contribution in [3.63, 3.8) is 0 Å². The van der Waals surface area contributed by atoms with Gasteiger partial charge in [-0.15, -0.1) is 0 Å². The smallest absolute Gasteiger partial charge is 0.269 e. The highest BCUT2D eigenvalue weighted by molar-refractivity contribution is 7.89. The van der Waals surface area contributed by atoms with Crippen molar-refractivity contribution >= 4 is 27.3 Å². The summed E-state index contributed by atoms with van der Waals surface area (Å²) < 4.78 is 25.1. The maximum absolute atomic E-state index is 12.2. The Kier molecular flexibility index (Phi) is 3.85. The Balaban J connectivity index is 2.29. The lowest BCUT2D eigenvalue weighted by Crippen LogP contribution is -2.34. The number of nitro benzene ring substituents is 1. The van der Waals surface area contributed by atoms with E-state index < -0.39 is 14.9 Å². The molecule has 19 heavy (non-hydrogen) atoms. The molecule has 1 aliphatic heterocycles. The molecule has 0 saturated carbocycles. The first-order valence-electron chi connectivity index (χ1n) is 5.16. The van der Waals surface area contributed by atoms with Crippen LogP contribution in [0.5, 0.6) is 0 Å². The molecule has 0 N–H and O–H groups in total. The van der Waals surface area contributed by atoms with Gasteiger partial charge >= 0.3 is 0 Å². The quantitative estimate of drug-likeness (QED) is 0.625. The molecule has 1 aromatic carbocycles. The van der Waals surface area contributed by atoms with Gasteiger partial charge < -0.3 is 0 Å². The molecule has 0 amide bonds. The van der Waals surface area contributed by atoms with Crippen molar-refractivity contribution in [2.45, 2.75) is 4.90 Å². The molecule has 0 aromatic heterocycles. The second-order valence-corrected chi connectivity index (χ2v) is 5.98. The van der Waals surface area contributed by atoms with E-state index in [1.807, 2.05) is 0 Å². The molecule has 0 fully saturated rings. The first kappa shape index (κ1) is 13.9. The molecule has 102 valence electrons. The summed E-state index contributed by atoms with van der Waals surface area (Å²) in [5.41, 5.74) is -0.184. The third kappa shape index (κ3) is 2.92. The van der Waals surface area contributed by atoms with Crippen LogP contribution in [0.2, 0.25) is 0 Å². The number of benzene rings is 1. The standard InChI is InChI=1S/C10H9ClN2O5S/c11-8-5-6-18-12(7-8)19(16,17)10-3-1-9(2-4-10)13(14)15/h1-5H,6-7H2. The van der Waals surface area contributed by atoms with Crippen LogP contribution in [-0.4, -0.2) is 31.0 Å². The summed E-state index contributed by atoms with van der Waals surface area (Å²) in [6, 6.07) is 4.55. The molecule has 0 aliphatic carbocycles. The minimum atomic E-state index is -3.87. The second-order valence-electron chi connectivity index (χ2n) is 3.66. The molecule has 1 aliphatic rings. The Morgan fingerprint density at radius 3 is 2.47 bits per heavy atom. The van der Waals surface area contributed by atoms with Crippen LogP contribution in [0.4, 0.5) is 5.69 Å². The SMILES string of the molecule is O=[N+]([O-])c1ccc(S(=O)(=O)N2CC(Cl)=CCO2)cc1. The first-order chi connectivity index (χ1) is 8.91. The fraction of sp³-hybridized carbons (Fsp3) is 0.200. The summed E-state index contributed by atoms with van der Waals surface area (Å²) in [7, 11) is -3.87. The Labute approximate surface area is 114 Å². The Hall–Kier alpha value is -1.48. The molecule has 1 heterocycles. The lowest BCUT2D eigenvalue weighted by atomic mass is 10.3. The fourth-order valence-corrected chi connectivity index (χ4v) is 2.92. The number of hydrogen-bond acceptors (Lipinski definition) is 5. The van der Waals surface area contributed by atoms with Gasteiger partial charge in [-0.05, 0) is 18.2 Å². The third-order valence-electron chi connectivity index (χ3n) is 2.42. The lowest BCUT2D eigenvalue weighted by Gasteiger charge is -2.23. The molecule has 0 radical (unpaired) electrons. The Bertz CT molecular complexity index is 626. The summed E-state index contributed by atoms with van der Waals surface area (Å²) in [5, 5.41) is 10.9. The number of halogens is 1. The first-order valence-corrected chi connectivity index (χ1v) is 6.98. The highest BCUT2D eigenvalue weighted by Crippen LogP contribution is 2.23. The van der Waals surface area contributed by atoms with E-state index in [1.165, 1.54) is 0 Å². The number of hydrogen-bond donors (Lipinski definition) is 0. The number of sulfonamides is 1. The van der Waals surface area contributed by atoms with E-state index in [2.05, 4.69) is 0 Å². The second kappa shape index (κ2) is 5.25. The van der Waals surface area contributed by atoms with Crippen LogP contribution >= 0.6 is 11.6 Å². The number of nitrogens with zero attached hydrogens (tertiary/aromatic N) is 2. The van der Waals surface area contributed by atoms with E-state index in [1.54, 1.807) is 6.08 Å². The molecule has 0 unspecified atom stereocenters. The fourth-order valence-electron chi connectivity index (χ4n) is 1.46. The van der Waals surface area contributed by atoms with Crippen LogP contribution in [0.25, 0.3) is 0 Å². The van der Waals surface area contributed by atoms with Gasteiger partial charge in [-0.2, -0.15) is 0 Å². The average Bonchev–Trinajstić information content (AvgIpc) is 2.39. The molecule has 7 nitrogen and oxygen atoms in total. The summed E-state index contributed by atoms with van der Waals surface area (Å²) in [6.07, 6.45) is 1.56. The molecule has 1 aromatic rings. The van der Waals surface area contributed by atoms with E-state index >= 15 is 0 Å². The number of nitro groups is 1. The van der Waals surface area contributed by atoms with Gasteiger partial charge in [-0.1, -0.05) is 16.1 Å². The number of non-ortho nitro benzene ring substituents is 1. The molecule has 0 atom stereocenters. The van der Waals surface area contributed by atoms with Crippen molar-refractivity contribution in [3.05, 3.63) is 45.5 Å². The summed E-state index contributed by atoms with van der Waals surface area (Å²) in [6.45, 7) is -0.0219. The Morgan fingerprint density at radius 2 is 1.95 bits per heavy atom. The maximum Gasteiger partial charge on any atom is 0.269 e. The van der Waals surface area contributed by atoms with E-state index in [4.69, 9.17) is 16.4 Å². The monoisotopic (exact) mass is 304 g/mol. The summed E-state index contributed by atoms with van der Waals surface area (Å²) in [4.78, 5) is 14.8. The largest absolute Gasteiger partial charge is 0.279 e. The summed E-state index contributed by atoms with van der Waals surface area (Å²) in [5.74, 6) is 0. The van der Waals surface area contributed by atoms with Gasteiger partial charge in [0.1, 0.15) is 0 Å². The minimum Gasteiger partial charge on any atom is -0.279 e. The van der Waals surface area contributed by atoms with Crippen molar-refractivity contribution in [1.82, 2.24) is 4.47 Å². The van der Waals surface area contributed by atoms with Crippen molar-refractivity contribution in [3.8, 4) is 0 Å². The van der Waals surface area contributed by atoms with Crippen molar-refractivity contribution in [2.75, 3.05) is 13.2 Å². The summed E-state index contributed by atoms with van der Waals surface area (Å²) >= 11 is 5.76. The van der Waals surface area contributed by atoms with E-state index in [0.29, 0.717) is 5.03 Å². The van der Waals surface area contributed by atoms with Crippen LogP contribution in [-0.2, 0) is 14.9 Å². The molecular weight excluding hydrogens is 296 g/mol. The zero-order chi connectivity index (χ0) is 14.0. The molecule has 2 rings (SSSR count). The van der Waals surface area contributed by atoms with Crippen LogP contribution in [0.1, 0.15) is 0 Å². The third-order valence-corrected chi connectivity index (χ3v) is 4.33. The molecule has 0 saturated heterocycles. The van der Waals surface area contributed by atoms with Gasteiger partial charge in [0.25, 0.3) is 15.7 Å². The maximum atomic E-state index is 12.2. The van der Waals surface area contributed by atoms with Crippen molar-refractivity contribution in [1.29, 1.82) is 0 Å². The normalized spacial score (nSPS) is 17.0. The Morgan fingerprint density at radius 1 is 1.32 bits per heavy atom. The number of rotatable bonds is 3. The van der Waals surface area contributed by atoms with Gasteiger partial charge in [0.05, 0.1) is 23.0 Å². The predicted octanol–water partition coefficient (Wildman–Crippen LogP) is 1.65. The molecule has 0 bridgehead atoms. The highest BCUT2D eigenvalue weighted by atomic mass is 35.5. The zero-order valence-corrected chi connectivity index (χ0v) is 11.1.